The Morgan fingerprint density at radius 1 is 0.203 bits per heavy atom. The second-order valence-electron chi connectivity index (χ2n) is 50.9. The summed E-state index contributed by atoms with van der Waals surface area (Å²) in [6.45, 7) is 90.2. The first-order valence-electron chi connectivity index (χ1n) is 56.1. The Morgan fingerprint density at radius 2 is 0.399 bits per heavy atom. The van der Waals surface area contributed by atoms with Crippen molar-refractivity contribution >= 4 is 0 Å². The Hall–Kier alpha value is -2.10. The van der Waals surface area contributed by atoms with Gasteiger partial charge in [-0.2, -0.15) is 132 Å². The highest BCUT2D eigenvalue weighted by Crippen LogP contribution is 2.67. The fourth-order valence-electron chi connectivity index (χ4n) is 26.5. The van der Waals surface area contributed by atoms with Gasteiger partial charge in [0.25, 0.3) is 0 Å². The second kappa shape index (κ2) is 62.6. The first-order chi connectivity index (χ1) is 65.4. The van der Waals surface area contributed by atoms with Gasteiger partial charge in [-0.15, -0.1) is 0 Å². The Kier molecular flexibility index (Phi) is 68.2. The van der Waals surface area contributed by atoms with Crippen molar-refractivity contribution in [3.63, 3.8) is 0 Å². The Balaban J connectivity index is -0.000000246. The molecule has 0 bridgehead atoms. The van der Waals surface area contributed by atoms with E-state index in [4.69, 9.17) is 0 Å². The van der Waals surface area contributed by atoms with Crippen LogP contribution in [0.15, 0.2) is 0 Å². The second-order valence-corrected chi connectivity index (χ2v) is 50.9. The Bertz CT molecular complexity index is 3270. The lowest BCUT2D eigenvalue weighted by Gasteiger charge is -2.57. The molecule has 0 nitrogen and oxygen atoms in total. The molecule has 2 fully saturated rings. The highest BCUT2D eigenvalue weighted by Gasteiger charge is 2.69. The normalized spacial score (nSPS) is 17.3. The average Bonchev–Trinajstić information content (AvgIpc) is 0.784. The molecule has 904 valence electrons. The summed E-state index contributed by atoms with van der Waals surface area (Å²) in [6.07, 6.45) is -28.2. The largest absolute Gasteiger partial charge is 0.395 e. The van der Waals surface area contributed by atoms with Crippen LogP contribution in [-0.2, 0) is 0 Å². The minimum atomic E-state index is -4.18. The average molecular weight is 2210 g/mol. The lowest BCUT2D eigenvalue weighted by atomic mass is 9.49. The number of halogens is 30. The lowest BCUT2D eigenvalue weighted by molar-refractivity contribution is -0.301. The fourth-order valence-corrected chi connectivity index (χ4v) is 26.5. The van der Waals surface area contributed by atoms with Gasteiger partial charge in [0.15, 0.2) is 0 Å². The lowest BCUT2D eigenvalue weighted by Crippen LogP contribution is -2.57. The number of alkyl halides is 30. The van der Waals surface area contributed by atoms with Gasteiger partial charge in [0.05, 0.1) is 54.1 Å². The summed E-state index contributed by atoms with van der Waals surface area (Å²) in [4.78, 5) is 0. The van der Waals surface area contributed by atoms with Crippen LogP contribution in [0.3, 0.4) is 0 Å². The van der Waals surface area contributed by atoms with E-state index in [1.165, 1.54) is 69.2 Å². The van der Waals surface area contributed by atoms with E-state index < -0.39 is 144 Å². The Morgan fingerprint density at radius 3 is 0.507 bits per heavy atom. The first kappa shape index (κ1) is 161. The van der Waals surface area contributed by atoms with Gasteiger partial charge in [-0.1, -0.05) is 430 Å². The van der Waals surface area contributed by atoms with Crippen LogP contribution >= 0.6 is 0 Å². The molecule has 0 N–H and O–H groups in total. The van der Waals surface area contributed by atoms with E-state index in [0.29, 0.717) is 109 Å². The molecule has 0 aromatic rings. The van der Waals surface area contributed by atoms with Crippen molar-refractivity contribution in [1.82, 2.24) is 0 Å². The van der Waals surface area contributed by atoms with E-state index in [-0.39, 0.29) is 113 Å². The zero-order chi connectivity index (χ0) is 121. The molecule has 0 aliphatic heterocycles. The van der Waals surface area contributed by atoms with E-state index in [1.807, 2.05) is 201 Å². The van der Waals surface area contributed by atoms with Gasteiger partial charge in [-0.25, -0.2) is 0 Å². The predicted octanol–water partition coefficient (Wildman–Crippen LogP) is 48.7. The molecule has 2 saturated carbocycles. The highest BCUT2D eigenvalue weighted by atomic mass is 19.4. The van der Waals surface area contributed by atoms with Crippen LogP contribution in [0, 0.1) is 189 Å². The van der Waals surface area contributed by atoms with Crippen molar-refractivity contribution in [2.24, 2.45) is 189 Å². The van der Waals surface area contributed by atoms with Crippen LogP contribution in [0.4, 0.5) is 132 Å². The number of hydrogen-bond donors (Lipinski definition) is 0. The predicted molar refractivity (Wildman–Crippen MR) is 563 cm³/mol. The molecule has 30 heteroatoms. The van der Waals surface area contributed by atoms with E-state index in [0.717, 1.165) is 32.1 Å². The van der Waals surface area contributed by atoms with Crippen molar-refractivity contribution in [1.29, 1.82) is 0 Å². The van der Waals surface area contributed by atoms with E-state index in [1.54, 1.807) is 90.0 Å². The van der Waals surface area contributed by atoms with Crippen molar-refractivity contribution in [3.05, 3.63) is 0 Å². The number of hydrogen-bond acceptors (Lipinski definition) is 0. The zero-order valence-electron chi connectivity index (χ0n) is 103. The minimum Gasteiger partial charge on any atom is -0.171 e. The minimum absolute atomic E-state index is 0.0154. The summed E-state index contributed by atoms with van der Waals surface area (Å²) in [5, 5.41) is 0. The van der Waals surface area contributed by atoms with Gasteiger partial charge in [-0.05, 0) is 212 Å². The summed E-state index contributed by atoms with van der Waals surface area (Å²) in [5.41, 5.74) is -17.6. The molecule has 0 saturated heterocycles. The van der Waals surface area contributed by atoms with Gasteiger partial charge >= 0.3 is 61.8 Å². The summed E-state index contributed by atoms with van der Waals surface area (Å²) < 4.78 is 393. The van der Waals surface area contributed by atoms with Crippen LogP contribution in [0.1, 0.15) is 508 Å². The van der Waals surface area contributed by atoms with Gasteiger partial charge in [0, 0.05) is 0 Å². The maximum Gasteiger partial charge on any atom is 0.395 e. The first-order valence-corrected chi connectivity index (χ1v) is 56.1. The molecule has 0 amide bonds. The molecule has 0 heterocycles. The fraction of sp³-hybridized carbons (Fsp3) is 1.00. The molecular formula is C118H222F30. The monoisotopic (exact) mass is 2210 g/mol. The Labute approximate surface area is 885 Å². The molecule has 0 spiro atoms. The van der Waals surface area contributed by atoms with Crippen LogP contribution in [0.25, 0.3) is 0 Å². The SMILES string of the molecule is CC(C)C(C(C)C)C(C)(C(C(C)C)C(C)C)C(F)(F)F.CC(C)C(C(C)C)[C@](C)(C(C)C)C(F)(F)F.CC(C)C(C)(C(C)C)C(F)(F)F.CC1(C(F)(F)F)CCCC1.CC1(C(F)(F)F)CCCCC1.CCC(C)(CC)C(C)(C(F)(F)F)C(C)(CC)CC.CCC(C)(CC)[C@](C)(C(C)C)C(F)(F)F.CCC(CC)C(C)(C(CC)CC)C(F)(F)F.CCC(CC)[C@](C)(C(C)C)C(F)(F)F.CCC[C@@](C)(C(C(C)C)C(C)C)C(F)(F)F. The van der Waals surface area contributed by atoms with Crippen molar-refractivity contribution < 1.29 is 132 Å². The molecule has 0 unspecified atom stereocenters. The summed E-state index contributed by atoms with van der Waals surface area (Å²) in [5.74, 6) is -3.87. The van der Waals surface area contributed by atoms with Crippen LogP contribution in [0.5, 0.6) is 0 Å². The molecule has 4 atom stereocenters. The van der Waals surface area contributed by atoms with Gasteiger partial charge in [0.1, 0.15) is 0 Å². The van der Waals surface area contributed by atoms with Gasteiger partial charge in [-0.3, -0.25) is 0 Å². The molecule has 0 radical (unpaired) electrons. The molecule has 148 heavy (non-hydrogen) atoms. The maximum atomic E-state index is 14.0. The van der Waals surface area contributed by atoms with E-state index in [9.17, 15) is 132 Å². The zero-order valence-corrected chi connectivity index (χ0v) is 103. The molecule has 2 aliphatic carbocycles. The molecule has 2 aliphatic rings. The van der Waals surface area contributed by atoms with Crippen LogP contribution in [-0.4, -0.2) is 61.8 Å². The van der Waals surface area contributed by atoms with Crippen molar-refractivity contribution in [2.75, 3.05) is 0 Å². The molecule has 2 rings (SSSR count). The third-order valence-electron chi connectivity index (χ3n) is 39.0. The summed E-state index contributed by atoms with van der Waals surface area (Å²) in [7, 11) is 0. The quantitative estimate of drug-likeness (QED) is 0.0544. The highest BCUT2D eigenvalue weighted by molar-refractivity contribution is 5.07. The molecule has 0 aromatic carbocycles. The van der Waals surface area contributed by atoms with Crippen LogP contribution in [0.2, 0.25) is 0 Å². The third kappa shape index (κ3) is 39.7. The standard InChI is InChI=1S/C17H33F3.C15H29F3.3C13H25F3.C12H23F3.C11H21F3.C9H17F3.C8H13F3.C7H11F3/c1-10(2)14(11(3)4)16(9,17(18,19)20)15(12(5)6)13(7)8;1-8-12(5,9-2)14(7,15(16,17)18)13(6,10-3)11-4;1-8(2)11(9(3)4)12(7,10(5)6)13(14,15)16;1-7-8-12(6,13(14,15)16)11(9(2)3)10(4)5;1-6-10(7-2)12(5,13(14,15)16)11(8-3)9-4;1-7-10(5,8-2)11(6,9(3)4)12(13,14)15;1-6-9(7-2)10(5,8(3)4)11(12,13)14;1-6(2)8(5,7(3)4)9(10,11)12;1-7(8(9,10)11)5-3-2-4-6-7;1-6(7(8,9)10)4-2-3-5-6/h10-15H,1-9H3;8-11H2,1-7H3;8-11H,1-7H3;9-11H,7-8H2,1-6H3;10-11H,6-9H2,1-5H3;9H,7-8H2,1-6H3;8-9H,6-7H2,1-5H3;6-7H,1-5H3;2-6H2,1H3;2-5H2,1H3/t;;2*12-;;11-;10-;;;/m..00.00.../s1. The van der Waals surface area contributed by atoms with Crippen LogP contribution < -0.4 is 0 Å². The van der Waals surface area contributed by atoms with E-state index >= 15 is 0 Å². The topological polar surface area (TPSA) is 0 Å². The maximum absolute atomic E-state index is 14.0. The van der Waals surface area contributed by atoms with Gasteiger partial charge < -0.3 is 0 Å². The number of rotatable bonds is 37. The van der Waals surface area contributed by atoms with Crippen molar-refractivity contribution in [3.8, 4) is 0 Å². The van der Waals surface area contributed by atoms with Crippen molar-refractivity contribution in [2.45, 2.75) is 569 Å². The smallest absolute Gasteiger partial charge is 0.171 e. The summed E-state index contributed by atoms with van der Waals surface area (Å²) in [6, 6.07) is 0. The molecule has 0 aromatic heterocycles. The summed E-state index contributed by atoms with van der Waals surface area (Å²) >= 11 is 0. The third-order valence-corrected chi connectivity index (χ3v) is 39.0. The molecular weight excluding hydrogens is 1990 g/mol. The van der Waals surface area contributed by atoms with Gasteiger partial charge in [0.2, 0.25) is 0 Å². The van der Waals surface area contributed by atoms with E-state index in [2.05, 4.69) is 0 Å².